The van der Waals surface area contributed by atoms with Crippen molar-refractivity contribution < 1.29 is 23.0 Å². The molecular formula is C38H41F2N7O4. The fourth-order valence-corrected chi connectivity index (χ4v) is 7.27. The molecule has 0 saturated carbocycles. The summed E-state index contributed by atoms with van der Waals surface area (Å²) in [4.78, 5) is 45.6. The number of hydrogen-bond acceptors (Lipinski definition) is 9. The molecule has 2 aliphatic heterocycles. The highest BCUT2D eigenvalue weighted by atomic mass is 19.1. The predicted molar refractivity (Wildman–Crippen MR) is 193 cm³/mol. The number of carbonyl (C=O) groups excluding carboxylic acids is 1. The summed E-state index contributed by atoms with van der Waals surface area (Å²) in [6.07, 6.45) is 2.80. The van der Waals surface area contributed by atoms with Crippen molar-refractivity contribution in [3.05, 3.63) is 76.0 Å². The number of aryl methyl sites for hydroxylation is 1. The van der Waals surface area contributed by atoms with Gasteiger partial charge in [-0.3, -0.25) is 14.3 Å². The van der Waals surface area contributed by atoms with Crippen LogP contribution in [0.4, 0.5) is 25.0 Å². The Hall–Kier alpha value is -5.33. The number of halogens is 2. The fraction of sp³-hybridized carbons (Fsp3) is 0.395. The Bertz CT molecular complexity index is 2280. The van der Waals surface area contributed by atoms with Crippen LogP contribution in [-0.2, 0) is 4.74 Å². The van der Waals surface area contributed by atoms with Crippen LogP contribution in [0, 0.1) is 18.6 Å². The van der Waals surface area contributed by atoms with Crippen LogP contribution in [0.5, 0.6) is 5.88 Å². The number of hydrogen-bond donors (Lipinski definition) is 1. The average molecular weight is 698 g/mol. The zero-order valence-electron chi connectivity index (χ0n) is 30.0. The molecule has 1 fully saturated rings. The molecular weight excluding hydrogens is 656 g/mol. The van der Waals surface area contributed by atoms with Gasteiger partial charge in [0.1, 0.15) is 28.6 Å². The highest BCUT2D eigenvalue weighted by molar-refractivity contribution is 6.03. The Morgan fingerprint density at radius 1 is 1.04 bits per heavy atom. The lowest BCUT2D eigenvalue weighted by Gasteiger charge is -2.49. The molecule has 4 aromatic heterocycles. The van der Waals surface area contributed by atoms with Gasteiger partial charge in [0.2, 0.25) is 5.88 Å². The molecule has 1 aromatic carbocycles. The van der Waals surface area contributed by atoms with Crippen LogP contribution in [0.3, 0.4) is 0 Å². The van der Waals surface area contributed by atoms with Gasteiger partial charge in [0.15, 0.2) is 5.65 Å². The summed E-state index contributed by atoms with van der Waals surface area (Å²) in [6.45, 7) is 14.2. The molecule has 0 unspecified atom stereocenters. The quantitative estimate of drug-likeness (QED) is 0.213. The zero-order chi connectivity index (χ0) is 36.5. The van der Waals surface area contributed by atoms with Crippen LogP contribution >= 0.6 is 0 Å². The largest absolute Gasteiger partial charge is 0.481 e. The number of pyridine rings is 4. The summed E-state index contributed by atoms with van der Waals surface area (Å²) in [5.41, 5.74) is 1.35. The highest BCUT2D eigenvalue weighted by Gasteiger charge is 2.41. The van der Waals surface area contributed by atoms with Crippen molar-refractivity contribution in [3.8, 4) is 22.8 Å². The number of ether oxygens (including phenoxy) is 2. The first kappa shape index (κ1) is 34.1. The maximum Gasteiger partial charge on any atom is 0.410 e. The van der Waals surface area contributed by atoms with Gasteiger partial charge in [0.05, 0.1) is 41.2 Å². The molecule has 266 valence electrons. The summed E-state index contributed by atoms with van der Waals surface area (Å²) in [6, 6.07) is 7.08. The summed E-state index contributed by atoms with van der Waals surface area (Å²) < 4.78 is 45.4. The van der Waals surface area contributed by atoms with Crippen molar-refractivity contribution >= 4 is 39.3 Å². The monoisotopic (exact) mass is 697 g/mol. The SMILES string of the molecule is COc1nccc2ccc(F)c(-c3nc4c(cc3F)c3c(c(=O)n4-c4c(C)ccnc4C(C)C)NC[C@H]4CN(C(=O)OC(C)(C)C)[C@H](C)CN34)c12. The minimum absolute atomic E-state index is 0.0808. The van der Waals surface area contributed by atoms with E-state index in [1.54, 1.807) is 23.2 Å². The molecule has 0 aliphatic carbocycles. The van der Waals surface area contributed by atoms with E-state index >= 15 is 8.78 Å². The van der Waals surface area contributed by atoms with E-state index < -0.39 is 28.9 Å². The third-order valence-corrected chi connectivity index (χ3v) is 9.55. The molecule has 2 atom stereocenters. The number of benzene rings is 1. The number of nitrogens with one attached hydrogen (secondary N) is 1. The molecule has 11 nitrogen and oxygen atoms in total. The number of anilines is 2. The molecule has 7 rings (SSSR count). The third kappa shape index (κ3) is 5.68. The summed E-state index contributed by atoms with van der Waals surface area (Å²) >= 11 is 0. The summed E-state index contributed by atoms with van der Waals surface area (Å²) in [5.74, 6) is -1.48. The average Bonchev–Trinajstić information content (AvgIpc) is 3.07. The van der Waals surface area contributed by atoms with Crippen molar-refractivity contribution in [2.75, 3.05) is 37.0 Å². The van der Waals surface area contributed by atoms with E-state index in [0.29, 0.717) is 47.5 Å². The van der Waals surface area contributed by atoms with E-state index in [2.05, 4.69) is 20.2 Å². The molecule has 0 bridgehead atoms. The van der Waals surface area contributed by atoms with Gasteiger partial charge in [-0.1, -0.05) is 19.9 Å². The van der Waals surface area contributed by atoms with Gasteiger partial charge in [-0.25, -0.2) is 23.5 Å². The first-order chi connectivity index (χ1) is 24.2. The lowest BCUT2D eigenvalue weighted by Crippen LogP contribution is -2.63. The van der Waals surface area contributed by atoms with Crippen LogP contribution in [0.25, 0.3) is 38.8 Å². The summed E-state index contributed by atoms with van der Waals surface area (Å²) in [5, 5.41) is 4.52. The first-order valence-corrected chi connectivity index (χ1v) is 17.1. The van der Waals surface area contributed by atoms with Crippen LogP contribution in [0.1, 0.15) is 58.7 Å². The van der Waals surface area contributed by atoms with Crippen molar-refractivity contribution in [2.45, 2.75) is 72.1 Å². The Labute approximate surface area is 294 Å². The van der Waals surface area contributed by atoms with E-state index in [1.165, 1.54) is 30.0 Å². The second-order valence-electron chi connectivity index (χ2n) is 14.6. The Morgan fingerprint density at radius 3 is 2.49 bits per heavy atom. The van der Waals surface area contributed by atoms with Gasteiger partial charge in [-0.05, 0) is 75.8 Å². The number of aromatic nitrogens is 4. The van der Waals surface area contributed by atoms with Crippen LogP contribution < -0.4 is 20.5 Å². The molecule has 13 heteroatoms. The minimum Gasteiger partial charge on any atom is -0.481 e. The molecule has 0 spiro atoms. The molecule has 1 N–H and O–H groups in total. The number of amides is 1. The molecule has 6 heterocycles. The number of methoxy groups -OCH3 is 1. The number of piperazine rings is 1. The fourth-order valence-electron chi connectivity index (χ4n) is 7.27. The Morgan fingerprint density at radius 2 is 1.78 bits per heavy atom. The summed E-state index contributed by atoms with van der Waals surface area (Å²) in [7, 11) is 1.41. The van der Waals surface area contributed by atoms with Crippen LogP contribution in [0.2, 0.25) is 0 Å². The number of carbonyl (C=O) groups is 1. The standard InChI is InChI=1S/C38H41F2N7O4/c1-19(2)29-32(20(3)11-13-41-29)47-34-24(15-26(40)30(44-34)28-25(39)10-9-22-12-14-42-35(50-8)27(22)28)33-31(36(47)48)43-16-23-18-45(21(4)17-46(23)33)37(49)51-38(5,6)7/h9-15,19,21,23,43H,16-18H2,1-8H3/t21-,23+/m1/s1. The topological polar surface area (TPSA) is 115 Å². The molecule has 2 aliphatic rings. The van der Waals surface area contributed by atoms with Gasteiger partial charge in [-0.2, -0.15) is 0 Å². The molecule has 1 saturated heterocycles. The number of rotatable bonds is 4. The van der Waals surface area contributed by atoms with E-state index in [0.717, 1.165) is 5.56 Å². The predicted octanol–water partition coefficient (Wildman–Crippen LogP) is 6.95. The van der Waals surface area contributed by atoms with E-state index in [9.17, 15) is 9.59 Å². The maximum absolute atomic E-state index is 16.8. The van der Waals surface area contributed by atoms with Gasteiger partial charge < -0.3 is 24.6 Å². The van der Waals surface area contributed by atoms with Gasteiger partial charge in [0.25, 0.3) is 5.56 Å². The van der Waals surface area contributed by atoms with Gasteiger partial charge in [-0.15, -0.1) is 0 Å². The van der Waals surface area contributed by atoms with Crippen molar-refractivity contribution in [1.82, 2.24) is 24.4 Å². The van der Waals surface area contributed by atoms with Crippen molar-refractivity contribution in [2.24, 2.45) is 0 Å². The zero-order valence-corrected chi connectivity index (χ0v) is 30.0. The second kappa shape index (κ2) is 12.5. The smallest absolute Gasteiger partial charge is 0.410 e. The molecule has 51 heavy (non-hydrogen) atoms. The second-order valence-corrected chi connectivity index (χ2v) is 14.6. The van der Waals surface area contributed by atoms with E-state index in [1.807, 2.05) is 54.5 Å². The normalized spacial score (nSPS) is 17.4. The van der Waals surface area contributed by atoms with Crippen molar-refractivity contribution in [3.63, 3.8) is 0 Å². The van der Waals surface area contributed by atoms with E-state index in [4.69, 9.17) is 14.5 Å². The van der Waals surface area contributed by atoms with Gasteiger partial charge >= 0.3 is 6.09 Å². The lowest BCUT2D eigenvalue weighted by atomic mass is 9.98. The Balaban J connectivity index is 1.52. The highest BCUT2D eigenvalue weighted by Crippen LogP contribution is 2.43. The van der Waals surface area contributed by atoms with Crippen LogP contribution in [-0.4, -0.2) is 74.9 Å². The molecule has 1 amide bonds. The molecule has 5 aromatic rings. The number of fused-ring (bicyclic) bond motifs is 6. The lowest BCUT2D eigenvalue weighted by molar-refractivity contribution is 0.0128. The van der Waals surface area contributed by atoms with Gasteiger partial charge in [0, 0.05) is 43.5 Å². The number of nitrogens with zero attached hydrogens (tertiary/aromatic N) is 6. The maximum atomic E-state index is 16.8. The molecule has 0 radical (unpaired) electrons. The first-order valence-electron chi connectivity index (χ1n) is 17.1. The van der Waals surface area contributed by atoms with Crippen LogP contribution in [0.15, 0.2) is 47.5 Å². The third-order valence-electron chi connectivity index (χ3n) is 9.55. The minimum atomic E-state index is -0.790. The van der Waals surface area contributed by atoms with E-state index in [-0.39, 0.29) is 51.9 Å². The Kier molecular flexibility index (Phi) is 8.34. The van der Waals surface area contributed by atoms with Crippen molar-refractivity contribution in [1.29, 1.82) is 0 Å².